The van der Waals surface area contributed by atoms with E-state index in [-0.39, 0.29) is 11.1 Å². The van der Waals surface area contributed by atoms with Crippen molar-refractivity contribution in [1.82, 2.24) is 0 Å². The molecule has 0 spiro atoms. The van der Waals surface area contributed by atoms with Gasteiger partial charge in [-0.3, -0.25) is 4.79 Å². The van der Waals surface area contributed by atoms with Gasteiger partial charge in [-0.05, 0) is 5.39 Å². The van der Waals surface area contributed by atoms with Crippen molar-refractivity contribution in [2.75, 3.05) is 7.11 Å². The zero-order valence-corrected chi connectivity index (χ0v) is 10.6. The summed E-state index contributed by atoms with van der Waals surface area (Å²) in [6.07, 6.45) is 0. The molecule has 0 radical (unpaired) electrons. The molecule has 0 fully saturated rings. The van der Waals surface area contributed by atoms with Crippen LogP contribution in [0.25, 0.3) is 16.3 Å². The van der Waals surface area contributed by atoms with E-state index < -0.39 is 11.8 Å². The van der Waals surface area contributed by atoms with E-state index >= 15 is 0 Å². The Kier molecular flexibility index (Phi) is 2.62. The van der Waals surface area contributed by atoms with Crippen LogP contribution >= 0.6 is 0 Å². The molecule has 2 aromatic rings. The lowest BCUT2D eigenvalue weighted by Gasteiger charge is -2.18. The molecule has 3 rings (SSSR count). The van der Waals surface area contributed by atoms with Crippen LogP contribution < -0.4 is 0 Å². The van der Waals surface area contributed by atoms with E-state index in [0.29, 0.717) is 16.5 Å². The van der Waals surface area contributed by atoms with Crippen molar-refractivity contribution in [3.05, 3.63) is 53.1 Å². The monoisotopic (exact) mass is 263 g/mol. The molecule has 0 saturated heterocycles. The molecule has 96 valence electrons. The van der Waals surface area contributed by atoms with Crippen LogP contribution in [0.15, 0.2) is 42.0 Å². The number of methoxy groups -OCH3 is 1. The number of rotatable bonds is 1. The lowest BCUT2D eigenvalue weighted by molar-refractivity contribution is -0.135. The third kappa shape index (κ3) is 1.47. The molecule has 1 aliphatic rings. The number of Topliss-reactive ketones (excluding diaryl/α,β-unsaturated/α-hetero) is 1. The topological polar surface area (TPSA) is 67.2 Å². The minimum Gasteiger partial charge on any atom is -0.465 e. The standard InChI is InChI=1S/C16H9NO3/c1-20-16(19)14-12(8-17)10-6-2-4-9-5-3-7-11(13(9)10)15(14)18/h2-7H,1H3. The summed E-state index contributed by atoms with van der Waals surface area (Å²) in [6, 6.07) is 12.6. The third-order valence-corrected chi connectivity index (χ3v) is 3.40. The van der Waals surface area contributed by atoms with Crippen LogP contribution in [0.1, 0.15) is 15.9 Å². The normalized spacial score (nSPS) is 13.3. The predicted octanol–water partition coefficient (Wildman–Crippen LogP) is 2.49. The van der Waals surface area contributed by atoms with Gasteiger partial charge in [0.05, 0.1) is 12.7 Å². The Labute approximate surface area is 114 Å². The molecule has 4 heteroatoms. The van der Waals surface area contributed by atoms with Gasteiger partial charge in [0.15, 0.2) is 0 Å². The van der Waals surface area contributed by atoms with E-state index in [1.54, 1.807) is 24.3 Å². The number of hydrogen-bond donors (Lipinski definition) is 0. The summed E-state index contributed by atoms with van der Waals surface area (Å²) in [6.45, 7) is 0. The van der Waals surface area contributed by atoms with Crippen molar-refractivity contribution in [3.63, 3.8) is 0 Å². The van der Waals surface area contributed by atoms with Crippen molar-refractivity contribution in [1.29, 1.82) is 5.26 Å². The molecule has 4 nitrogen and oxygen atoms in total. The molecule has 20 heavy (non-hydrogen) atoms. The third-order valence-electron chi connectivity index (χ3n) is 3.40. The SMILES string of the molecule is COC(=O)C1=C(C#N)c2cccc3cccc(c23)C1=O. The minimum absolute atomic E-state index is 0.0751. The van der Waals surface area contributed by atoms with E-state index in [1.807, 2.05) is 18.2 Å². The van der Waals surface area contributed by atoms with Crippen LogP contribution in [-0.4, -0.2) is 18.9 Å². The molecule has 0 atom stereocenters. The summed E-state index contributed by atoms with van der Waals surface area (Å²) in [7, 11) is 1.19. The molecule has 2 aromatic carbocycles. The second-order valence-corrected chi connectivity index (χ2v) is 4.39. The number of carbonyl (C=O) groups is 2. The molecule has 0 amide bonds. The van der Waals surface area contributed by atoms with E-state index in [9.17, 15) is 14.9 Å². The van der Waals surface area contributed by atoms with Crippen LogP contribution in [0.5, 0.6) is 0 Å². The maximum Gasteiger partial charge on any atom is 0.343 e. The maximum absolute atomic E-state index is 12.5. The number of ketones is 1. The summed E-state index contributed by atoms with van der Waals surface area (Å²) < 4.78 is 4.63. The minimum atomic E-state index is -0.780. The highest BCUT2D eigenvalue weighted by molar-refractivity contribution is 6.36. The number of carbonyl (C=O) groups excluding carboxylic acids is 2. The van der Waals surface area contributed by atoms with Gasteiger partial charge in [-0.2, -0.15) is 5.26 Å². The highest BCUT2D eigenvalue weighted by atomic mass is 16.5. The number of ether oxygens (including phenoxy) is 1. The molecule has 1 aliphatic carbocycles. The quantitative estimate of drug-likeness (QED) is 0.585. The molecule has 0 saturated carbocycles. The Morgan fingerprint density at radius 3 is 2.40 bits per heavy atom. The molecular formula is C16H9NO3. The molecular weight excluding hydrogens is 254 g/mol. The first-order valence-electron chi connectivity index (χ1n) is 5.98. The largest absolute Gasteiger partial charge is 0.465 e. The van der Waals surface area contributed by atoms with Gasteiger partial charge in [0, 0.05) is 16.5 Å². The van der Waals surface area contributed by atoms with Crippen LogP contribution in [0.2, 0.25) is 0 Å². The first-order chi connectivity index (χ1) is 9.69. The lowest BCUT2D eigenvalue weighted by atomic mass is 9.83. The number of benzene rings is 2. The average Bonchev–Trinajstić information content (AvgIpc) is 2.49. The fourth-order valence-corrected chi connectivity index (χ4v) is 2.53. The highest BCUT2D eigenvalue weighted by Gasteiger charge is 2.32. The van der Waals surface area contributed by atoms with Crippen molar-refractivity contribution in [2.45, 2.75) is 0 Å². The van der Waals surface area contributed by atoms with Gasteiger partial charge in [0.1, 0.15) is 11.6 Å². The van der Waals surface area contributed by atoms with Gasteiger partial charge in [-0.15, -0.1) is 0 Å². The van der Waals surface area contributed by atoms with Gasteiger partial charge in [0.25, 0.3) is 0 Å². The fraction of sp³-hybridized carbons (Fsp3) is 0.0625. The summed E-state index contributed by atoms with van der Waals surface area (Å²) in [4.78, 5) is 24.3. The molecule has 0 heterocycles. The first-order valence-corrected chi connectivity index (χ1v) is 5.98. The van der Waals surface area contributed by atoms with E-state index in [1.165, 1.54) is 7.11 Å². The number of allylic oxidation sites excluding steroid dienone is 1. The van der Waals surface area contributed by atoms with E-state index in [4.69, 9.17) is 0 Å². The molecule has 0 aromatic heterocycles. The van der Waals surface area contributed by atoms with Gasteiger partial charge in [-0.25, -0.2) is 4.79 Å². The number of nitrogens with zero attached hydrogens (tertiary/aromatic N) is 1. The average molecular weight is 263 g/mol. The second-order valence-electron chi connectivity index (χ2n) is 4.39. The Hall–Kier alpha value is -2.93. The smallest absolute Gasteiger partial charge is 0.343 e. The van der Waals surface area contributed by atoms with E-state index in [0.717, 1.165) is 5.39 Å². The maximum atomic E-state index is 12.5. The van der Waals surface area contributed by atoms with Crippen LogP contribution in [-0.2, 0) is 9.53 Å². The Morgan fingerprint density at radius 2 is 1.80 bits per heavy atom. The number of hydrogen-bond acceptors (Lipinski definition) is 4. The Morgan fingerprint density at radius 1 is 1.15 bits per heavy atom. The van der Waals surface area contributed by atoms with E-state index in [2.05, 4.69) is 4.74 Å². The summed E-state index contributed by atoms with van der Waals surface area (Å²) in [5.41, 5.74) is 0.908. The number of nitriles is 1. The Balaban J connectivity index is 2.48. The van der Waals surface area contributed by atoms with Crippen LogP contribution in [0.4, 0.5) is 0 Å². The summed E-state index contributed by atoms with van der Waals surface area (Å²) >= 11 is 0. The number of esters is 1. The predicted molar refractivity (Wildman–Crippen MR) is 72.8 cm³/mol. The first kappa shape index (κ1) is 12.1. The van der Waals surface area contributed by atoms with Gasteiger partial charge in [0.2, 0.25) is 5.78 Å². The summed E-state index contributed by atoms with van der Waals surface area (Å²) in [5, 5.41) is 10.9. The summed E-state index contributed by atoms with van der Waals surface area (Å²) in [5.74, 6) is -1.24. The van der Waals surface area contributed by atoms with Crippen molar-refractivity contribution < 1.29 is 14.3 Å². The molecule has 0 unspecified atom stereocenters. The van der Waals surface area contributed by atoms with Crippen molar-refractivity contribution in [3.8, 4) is 6.07 Å². The lowest BCUT2D eigenvalue weighted by Crippen LogP contribution is -2.20. The molecule has 0 bridgehead atoms. The second kappa shape index (κ2) is 4.32. The zero-order chi connectivity index (χ0) is 14.3. The van der Waals surface area contributed by atoms with Gasteiger partial charge < -0.3 is 4.74 Å². The van der Waals surface area contributed by atoms with Gasteiger partial charge in [-0.1, -0.05) is 36.4 Å². The zero-order valence-electron chi connectivity index (χ0n) is 10.6. The molecule has 0 N–H and O–H groups in total. The van der Waals surface area contributed by atoms with Gasteiger partial charge >= 0.3 is 5.97 Å². The fourth-order valence-electron chi connectivity index (χ4n) is 2.53. The molecule has 0 aliphatic heterocycles. The van der Waals surface area contributed by atoms with Crippen LogP contribution in [0, 0.1) is 11.3 Å². The van der Waals surface area contributed by atoms with Crippen LogP contribution in [0.3, 0.4) is 0 Å². The Bertz CT molecular complexity index is 835. The van der Waals surface area contributed by atoms with Crippen molar-refractivity contribution >= 4 is 28.1 Å². The highest BCUT2D eigenvalue weighted by Crippen LogP contribution is 2.36. The van der Waals surface area contributed by atoms with Crippen molar-refractivity contribution in [2.24, 2.45) is 0 Å².